The Labute approximate surface area is 162 Å². The first-order chi connectivity index (χ1) is 11.9. The molecule has 0 saturated carbocycles. The van der Waals surface area contributed by atoms with E-state index in [9.17, 15) is 0 Å². The molecule has 2 saturated heterocycles. The predicted molar refractivity (Wildman–Crippen MR) is 115 cm³/mol. The van der Waals surface area contributed by atoms with E-state index in [1.54, 1.807) is 0 Å². The highest BCUT2D eigenvalue weighted by molar-refractivity contribution is 8.19. The van der Waals surface area contributed by atoms with Gasteiger partial charge in [-0.3, -0.25) is 0 Å². The van der Waals surface area contributed by atoms with Crippen LogP contribution in [0.5, 0.6) is 0 Å². The predicted octanol–water partition coefficient (Wildman–Crippen LogP) is 6.43. The van der Waals surface area contributed by atoms with Crippen molar-refractivity contribution < 1.29 is 0 Å². The van der Waals surface area contributed by atoms with Gasteiger partial charge in [-0.25, -0.2) is 0 Å². The van der Waals surface area contributed by atoms with E-state index in [2.05, 4.69) is 108 Å². The molecule has 2 aromatic rings. The summed E-state index contributed by atoms with van der Waals surface area (Å²) >= 11 is 8.59. The van der Waals surface area contributed by atoms with Crippen molar-refractivity contribution in [2.75, 3.05) is 21.7 Å². The zero-order valence-corrected chi connectivity index (χ0v) is 16.9. The summed E-state index contributed by atoms with van der Waals surface area (Å²) < 4.78 is 0.374. The standard InChI is InChI=1S/C20H22S4/c1-3-7-17(8-4-1)19(11-13-21-15-23-19)20(12-14-22-16-24-20)18-9-5-2-6-10-18/h1-10H,11-16H2. The van der Waals surface area contributed by atoms with Crippen molar-refractivity contribution in [3.8, 4) is 0 Å². The van der Waals surface area contributed by atoms with Gasteiger partial charge in [-0.15, -0.1) is 23.5 Å². The average molecular weight is 391 g/mol. The SMILES string of the molecule is c1ccc(C2(C3(c4ccccc4)CCSCS3)CCSCS2)cc1. The molecule has 126 valence electrons. The van der Waals surface area contributed by atoms with E-state index in [0.717, 1.165) is 0 Å². The maximum Gasteiger partial charge on any atom is 0.0612 e. The molecular formula is C20H22S4. The minimum Gasteiger partial charge on any atom is -0.151 e. The highest BCUT2D eigenvalue weighted by atomic mass is 32.2. The Balaban J connectivity index is 1.90. The van der Waals surface area contributed by atoms with Crippen molar-refractivity contribution >= 4 is 47.0 Å². The van der Waals surface area contributed by atoms with Crippen LogP contribution in [-0.2, 0) is 9.49 Å². The smallest absolute Gasteiger partial charge is 0.0612 e. The fourth-order valence-corrected chi connectivity index (χ4v) is 10.7. The molecule has 0 amide bonds. The van der Waals surface area contributed by atoms with E-state index < -0.39 is 0 Å². The molecule has 2 aliphatic rings. The van der Waals surface area contributed by atoms with Gasteiger partial charge < -0.3 is 0 Å². The van der Waals surface area contributed by atoms with E-state index in [1.807, 2.05) is 0 Å². The highest BCUT2D eigenvalue weighted by Gasteiger charge is 2.55. The quantitative estimate of drug-likeness (QED) is 0.591. The Morgan fingerprint density at radius 3 is 1.33 bits per heavy atom. The normalized spacial score (nSPS) is 30.8. The van der Waals surface area contributed by atoms with Crippen LogP contribution in [0.2, 0.25) is 0 Å². The zero-order valence-electron chi connectivity index (χ0n) is 13.6. The second-order valence-electron chi connectivity index (χ2n) is 6.23. The van der Waals surface area contributed by atoms with E-state index in [0.29, 0.717) is 0 Å². The van der Waals surface area contributed by atoms with Crippen LogP contribution >= 0.6 is 47.0 Å². The summed E-state index contributed by atoms with van der Waals surface area (Å²) in [5.41, 5.74) is 3.05. The molecule has 0 spiro atoms. The van der Waals surface area contributed by atoms with Crippen LogP contribution in [0.15, 0.2) is 60.7 Å². The van der Waals surface area contributed by atoms with Gasteiger partial charge >= 0.3 is 0 Å². The fraction of sp³-hybridized carbons (Fsp3) is 0.400. The van der Waals surface area contributed by atoms with Crippen molar-refractivity contribution in [2.45, 2.75) is 22.3 Å². The molecule has 0 radical (unpaired) electrons. The minimum absolute atomic E-state index is 0.187. The molecule has 0 aromatic heterocycles. The Hall–Kier alpha value is -0.160. The molecule has 2 heterocycles. The Morgan fingerprint density at radius 2 is 1.00 bits per heavy atom. The number of rotatable bonds is 3. The Morgan fingerprint density at radius 1 is 0.583 bits per heavy atom. The second-order valence-corrected chi connectivity index (χ2v) is 11.7. The summed E-state index contributed by atoms with van der Waals surface area (Å²) in [5.74, 6) is 2.54. The summed E-state index contributed by atoms with van der Waals surface area (Å²) in [6, 6.07) is 22.7. The number of benzene rings is 2. The zero-order chi connectivity index (χ0) is 16.3. The average Bonchev–Trinajstić information content (AvgIpc) is 2.70. The first kappa shape index (κ1) is 17.3. The van der Waals surface area contributed by atoms with Gasteiger partial charge in [-0.05, 0) is 35.5 Å². The number of thioether (sulfide) groups is 4. The van der Waals surface area contributed by atoms with Gasteiger partial charge in [0.2, 0.25) is 0 Å². The molecule has 0 nitrogen and oxygen atoms in total. The Bertz CT molecular complexity index is 584. The third-order valence-electron chi connectivity index (χ3n) is 5.11. The third kappa shape index (κ3) is 2.94. The van der Waals surface area contributed by atoms with Gasteiger partial charge in [-0.1, -0.05) is 60.7 Å². The molecule has 0 N–H and O–H groups in total. The molecular weight excluding hydrogens is 368 g/mol. The van der Waals surface area contributed by atoms with Crippen LogP contribution in [0.25, 0.3) is 0 Å². The van der Waals surface area contributed by atoms with Gasteiger partial charge in [0.1, 0.15) is 0 Å². The topological polar surface area (TPSA) is 0 Å². The largest absolute Gasteiger partial charge is 0.151 e. The number of hydrogen-bond donors (Lipinski definition) is 0. The first-order valence-electron chi connectivity index (χ1n) is 8.42. The molecule has 2 aliphatic heterocycles. The van der Waals surface area contributed by atoms with Crippen LogP contribution in [0.1, 0.15) is 24.0 Å². The van der Waals surface area contributed by atoms with Crippen molar-refractivity contribution in [3.63, 3.8) is 0 Å². The maximum atomic E-state index is 2.37. The monoisotopic (exact) mass is 390 g/mol. The van der Waals surface area contributed by atoms with E-state index in [-0.39, 0.29) is 9.49 Å². The van der Waals surface area contributed by atoms with Gasteiger partial charge in [0, 0.05) is 10.2 Å². The second kappa shape index (κ2) is 7.61. The third-order valence-corrected chi connectivity index (χ3v) is 11.1. The van der Waals surface area contributed by atoms with Crippen LogP contribution in [0.3, 0.4) is 0 Å². The summed E-state index contributed by atoms with van der Waals surface area (Å²) in [6.45, 7) is 0. The first-order valence-corrected chi connectivity index (χ1v) is 12.7. The van der Waals surface area contributed by atoms with E-state index in [4.69, 9.17) is 0 Å². The minimum atomic E-state index is 0.187. The molecule has 4 heteroatoms. The molecule has 4 rings (SSSR count). The van der Waals surface area contributed by atoms with Gasteiger partial charge in [0.25, 0.3) is 0 Å². The lowest BCUT2D eigenvalue weighted by atomic mass is 9.76. The fourth-order valence-electron chi connectivity index (χ4n) is 3.95. The number of hydrogen-bond acceptors (Lipinski definition) is 4. The lowest BCUT2D eigenvalue weighted by molar-refractivity contribution is 0.421. The summed E-state index contributed by atoms with van der Waals surface area (Å²) in [5, 5.41) is 2.41. The van der Waals surface area contributed by atoms with Gasteiger partial charge in [0.05, 0.1) is 9.49 Å². The van der Waals surface area contributed by atoms with Gasteiger partial charge in [-0.2, -0.15) is 23.5 Å². The highest BCUT2D eigenvalue weighted by Crippen LogP contribution is 2.65. The molecule has 2 aromatic carbocycles. The summed E-state index contributed by atoms with van der Waals surface area (Å²) in [7, 11) is 0. The maximum absolute atomic E-state index is 2.37. The molecule has 0 aliphatic carbocycles. The van der Waals surface area contributed by atoms with Crippen LogP contribution in [0, 0.1) is 0 Å². The van der Waals surface area contributed by atoms with E-state index >= 15 is 0 Å². The Kier molecular flexibility index (Phi) is 5.47. The molecule has 2 unspecified atom stereocenters. The molecule has 2 fully saturated rings. The van der Waals surface area contributed by atoms with Crippen LogP contribution in [-0.4, -0.2) is 21.7 Å². The summed E-state index contributed by atoms with van der Waals surface area (Å²) in [4.78, 5) is 0. The summed E-state index contributed by atoms with van der Waals surface area (Å²) in [6.07, 6.45) is 2.53. The van der Waals surface area contributed by atoms with Crippen molar-refractivity contribution in [2.24, 2.45) is 0 Å². The van der Waals surface area contributed by atoms with E-state index in [1.165, 1.54) is 45.6 Å². The lowest BCUT2D eigenvalue weighted by Crippen LogP contribution is -2.48. The molecule has 0 bridgehead atoms. The van der Waals surface area contributed by atoms with Crippen LogP contribution in [0.4, 0.5) is 0 Å². The van der Waals surface area contributed by atoms with Crippen molar-refractivity contribution in [1.82, 2.24) is 0 Å². The van der Waals surface area contributed by atoms with Gasteiger partial charge in [0.15, 0.2) is 0 Å². The van der Waals surface area contributed by atoms with Crippen molar-refractivity contribution in [1.29, 1.82) is 0 Å². The van der Waals surface area contributed by atoms with Crippen LogP contribution < -0.4 is 0 Å². The van der Waals surface area contributed by atoms with Crippen molar-refractivity contribution in [3.05, 3.63) is 71.8 Å². The lowest BCUT2D eigenvalue weighted by Gasteiger charge is -2.54. The molecule has 24 heavy (non-hydrogen) atoms. The molecule has 2 atom stereocenters.